The minimum absolute atomic E-state index is 0.573. The van der Waals surface area contributed by atoms with E-state index in [1.165, 1.54) is 31.2 Å². The van der Waals surface area contributed by atoms with Gasteiger partial charge in [0.25, 0.3) is 0 Å². The molecule has 0 amide bonds. The van der Waals surface area contributed by atoms with Gasteiger partial charge in [-0.05, 0) is 48.9 Å². The fraction of sp³-hybridized carbons (Fsp3) is 0.600. The Morgan fingerprint density at radius 1 is 1.11 bits per heavy atom. The van der Waals surface area contributed by atoms with Crippen molar-refractivity contribution in [2.45, 2.75) is 31.6 Å². The van der Waals surface area contributed by atoms with E-state index in [1.54, 1.807) is 14.2 Å². The smallest absolute Gasteiger partial charge is 0.160 e. The zero-order chi connectivity index (χ0) is 13.0. The first kappa shape index (κ1) is 13.2. The van der Waals surface area contributed by atoms with Crippen LogP contribution in [0.1, 0.15) is 37.2 Å². The number of ether oxygens (including phenoxy) is 2. The SMILES string of the molecule is COc1ccc(C2CCCCC2CN)cc1OC. The Bertz CT molecular complexity index is 392. The zero-order valence-corrected chi connectivity index (χ0v) is 11.3. The molecule has 3 nitrogen and oxygen atoms in total. The van der Waals surface area contributed by atoms with Crippen LogP contribution in [-0.4, -0.2) is 20.8 Å². The molecule has 2 N–H and O–H groups in total. The highest BCUT2D eigenvalue weighted by molar-refractivity contribution is 5.44. The van der Waals surface area contributed by atoms with Gasteiger partial charge in [0.1, 0.15) is 0 Å². The molecule has 1 aromatic rings. The van der Waals surface area contributed by atoms with Crippen LogP contribution in [0.2, 0.25) is 0 Å². The first-order valence-electron chi connectivity index (χ1n) is 6.72. The molecule has 0 heterocycles. The highest BCUT2D eigenvalue weighted by Crippen LogP contribution is 2.40. The third-order valence-electron chi connectivity index (χ3n) is 4.05. The molecule has 1 aliphatic rings. The molecular weight excluding hydrogens is 226 g/mol. The molecule has 1 aliphatic carbocycles. The molecule has 0 spiro atoms. The number of nitrogens with two attached hydrogens (primary N) is 1. The number of methoxy groups -OCH3 is 2. The Morgan fingerprint density at radius 2 is 1.83 bits per heavy atom. The molecule has 3 heteroatoms. The standard InChI is InChI=1S/C15H23NO2/c1-17-14-8-7-11(9-15(14)18-2)13-6-4-3-5-12(13)10-16/h7-9,12-13H,3-6,10,16H2,1-2H3. The minimum Gasteiger partial charge on any atom is -0.493 e. The molecule has 0 radical (unpaired) electrons. The molecule has 0 saturated heterocycles. The lowest BCUT2D eigenvalue weighted by Gasteiger charge is -2.31. The summed E-state index contributed by atoms with van der Waals surface area (Å²) in [4.78, 5) is 0. The number of benzene rings is 1. The van der Waals surface area contributed by atoms with Crippen molar-refractivity contribution >= 4 is 0 Å². The monoisotopic (exact) mass is 249 g/mol. The molecule has 2 rings (SSSR count). The summed E-state index contributed by atoms with van der Waals surface area (Å²) in [5.74, 6) is 2.79. The second kappa shape index (κ2) is 6.10. The number of hydrogen-bond acceptors (Lipinski definition) is 3. The van der Waals surface area contributed by atoms with Crippen LogP contribution in [0.3, 0.4) is 0 Å². The van der Waals surface area contributed by atoms with Crippen molar-refractivity contribution < 1.29 is 9.47 Å². The van der Waals surface area contributed by atoms with Crippen molar-refractivity contribution in [1.29, 1.82) is 0 Å². The fourth-order valence-electron chi connectivity index (χ4n) is 3.01. The molecule has 0 aromatic heterocycles. The van der Waals surface area contributed by atoms with Crippen molar-refractivity contribution in [1.82, 2.24) is 0 Å². The predicted octanol–water partition coefficient (Wildman–Crippen LogP) is 2.94. The maximum absolute atomic E-state index is 5.90. The van der Waals surface area contributed by atoms with E-state index in [0.29, 0.717) is 11.8 Å². The lowest BCUT2D eigenvalue weighted by Crippen LogP contribution is -2.25. The average Bonchev–Trinajstić information content (AvgIpc) is 2.46. The van der Waals surface area contributed by atoms with Crippen LogP contribution >= 0.6 is 0 Å². The summed E-state index contributed by atoms with van der Waals surface area (Å²) in [5, 5.41) is 0. The molecule has 18 heavy (non-hydrogen) atoms. The highest BCUT2D eigenvalue weighted by Gasteiger charge is 2.26. The maximum atomic E-state index is 5.90. The van der Waals surface area contributed by atoms with Crippen LogP contribution in [0.15, 0.2) is 18.2 Å². The summed E-state index contributed by atoms with van der Waals surface area (Å²) in [6.45, 7) is 0.777. The Labute approximate surface area is 109 Å². The Balaban J connectivity index is 2.26. The number of hydrogen-bond donors (Lipinski definition) is 1. The van der Waals surface area contributed by atoms with Gasteiger partial charge in [-0.1, -0.05) is 18.9 Å². The van der Waals surface area contributed by atoms with Gasteiger partial charge in [0.2, 0.25) is 0 Å². The van der Waals surface area contributed by atoms with Crippen molar-refractivity contribution in [2.24, 2.45) is 11.7 Å². The third kappa shape index (κ3) is 2.61. The van der Waals surface area contributed by atoms with Gasteiger partial charge in [-0.3, -0.25) is 0 Å². The largest absolute Gasteiger partial charge is 0.493 e. The van der Waals surface area contributed by atoms with Crippen molar-refractivity contribution in [3.63, 3.8) is 0 Å². The summed E-state index contributed by atoms with van der Waals surface area (Å²) >= 11 is 0. The normalized spacial score (nSPS) is 23.7. The van der Waals surface area contributed by atoms with Crippen molar-refractivity contribution in [3.05, 3.63) is 23.8 Å². The van der Waals surface area contributed by atoms with Crippen LogP contribution in [0.5, 0.6) is 11.5 Å². The van der Waals surface area contributed by atoms with E-state index in [0.717, 1.165) is 18.0 Å². The molecular formula is C15H23NO2. The zero-order valence-electron chi connectivity index (χ0n) is 11.3. The van der Waals surface area contributed by atoms with Crippen LogP contribution < -0.4 is 15.2 Å². The Morgan fingerprint density at radius 3 is 2.50 bits per heavy atom. The van der Waals surface area contributed by atoms with Gasteiger partial charge < -0.3 is 15.2 Å². The minimum atomic E-state index is 0.573. The summed E-state index contributed by atoms with van der Waals surface area (Å²) in [6.07, 6.45) is 5.09. The third-order valence-corrected chi connectivity index (χ3v) is 4.05. The first-order chi connectivity index (χ1) is 8.80. The summed E-state index contributed by atoms with van der Waals surface area (Å²) < 4.78 is 10.7. The molecule has 0 bridgehead atoms. The van der Waals surface area contributed by atoms with Crippen molar-refractivity contribution in [2.75, 3.05) is 20.8 Å². The maximum Gasteiger partial charge on any atom is 0.160 e. The molecule has 100 valence electrons. The molecule has 1 aromatic carbocycles. The van der Waals surface area contributed by atoms with Gasteiger partial charge in [-0.15, -0.1) is 0 Å². The molecule has 1 saturated carbocycles. The van der Waals surface area contributed by atoms with Crippen molar-refractivity contribution in [3.8, 4) is 11.5 Å². The van der Waals surface area contributed by atoms with Crippen LogP contribution in [0.25, 0.3) is 0 Å². The summed E-state index contributed by atoms with van der Waals surface area (Å²) in [6, 6.07) is 6.26. The quantitative estimate of drug-likeness (QED) is 0.892. The first-order valence-corrected chi connectivity index (χ1v) is 6.72. The van der Waals surface area contributed by atoms with E-state index < -0.39 is 0 Å². The van der Waals surface area contributed by atoms with Gasteiger partial charge in [0.15, 0.2) is 11.5 Å². The van der Waals surface area contributed by atoms with E-state index in [-0.39, 0.29) is 0 Å². The van der Waals surface area contributed by atoms with Gasteiger partial charge >= 0.3 is 0 Å². The Kier molecular flexibility index (Phi) is 4.48. The van der Waals surface area contributed by atoms with Crippen LogP contribution in [-0.2, 0) is 0 Å². The van der Waals surface area contributed by atoms with Gasteiger partial charge in [0.05, 0.1) is 14.2 Å². The van der Waals surface area contributed by atoms with E-state index in [2.05, 4.69) is 12.1 Å². The topological polar surface area (TPSA) is 44.5 Å². The molecule has 2 atom stereocenters. The summed E-state index contributed by atoms with van der Waals surface area (Å²) in [7, 11) is 3.35. The second-order valence-corrected chi connectivity index (χ2v) is 5.00. The van der Waals surface area contributed by atoms with Gasteiger partial charge in [-0.25, -0.2) is 0 Å². The van der Waals surface area contributed by atoms with Gasteiger partial charge in [0, 0.05) is 0 Å². The molecule has 1 fully saturated rings. The lowest BCUT2D eigenvalue weighted by atomic mass is 9.75. The number of rotatable bonds is 4. The van der Waals surface area contributed by atoms with Crippen LogP contribution in [0.4, 0.5) is 0 Å². The second-order valence-electron chi connectivity index (χ2n) is 5.00. The molecule has 0 aliphatic heterocycles. The van der Waals surface area contributed by atoms with E-state index in [9.17, 15) is 0 Å². The van der Waals surface area contributed by atoms with Crippen LogP contribution in [0, 0.1) is 5.92 Å². The van der Waals surface area contributed by atoms with E-state index in [1.807, 2.05) is 6.07 Å². The molecule has 2 unspecified atom stereocenters. The van der Waals surface area contributed by atoms with E-state index >= 15 is 0 Å². The highest BCUT2D eigenvalue weighted by atomic mass is 16.5. The summed E-state index contributed by atoms with van der Waals surface area (Å²) in [5.41, 5.74) is 7.24. The van der Waals surface area contributed by atoms with E-state index in [4.69, 9.17) is 15.2 Å². The fourth-order valence-corrected chi connectivity index (χ4v) is 3.01. The predicted molar refractivity (Wildman–Crippen MR) is 73.3 cm³/mol. The lowest BCUT2D eigenvalue weighted by molar-refractivity contribution is 0.311. The average molecular weight is 249 g/mol. The Hall–Kier alpha value is -1.22. The van der Waals surface area contributed by atoms with Gasteiger partial charge in [-0.2, -0.15) is 0 Å².